The van der Waals surface area contributed by atoms with Crippen LogP contribution in [0.1, 0.15) is 30.1 Å². The summed E-state index contributed by atoms with van der Waals surface area (Å²) in [5.74, 6) is -3.09. The van der Waals surface area contributed by atoms with Gasteiger partial charge in [0, 0.05) is 12.1 Å². The van der Waals surface area contributed by atoms with E-state index in [4.69, 9.17) is 4.74 Å². The highest BCUT2D eigenvalue weighted by atomic mass is 19.1. The van der Waals surface area contributed by atoms with Crippen molar-refractivity contribution in [2.75, 3.05) is 0 Å². The Labute approximate surface area is 108 Å². The number of amides is 1. The van der Waals surface area contributed by atoms with Crippen molar-refractivity contribution in [2.24, 2.45) is 0 Å². The number of ether oxygens (including phenoxy) is 1. The lowest BCUT2D eigenvalue weighted by molar-refractivity contribution is -0.129. The Morgan fingerprint density at radius 3 is 2.37 bits per heavy atom. The molecule has 102 valence electrons. The molecule has 1 fully saturated rings. The van der Waals surface area contributed by atoms with Crippen molar-refractivity contribution in [3.63, 3.8) is 0 Å². The molecule has 0 aromatic heterocycles. The molecule has 0 radical (unpaired) electrons. The van der Waals surface area contributed by atoms with E-state index in [1.54, 1.807) is 0 Å². The number of carbonyl (C=O) groups excluding carboxylic acids is 2. The minimum absolute atomic E-state index is 0.153. The third kappa shape index (κ3) is 3.74. The van der Waals surface area contributed by atoms with Crippen molar-refractivity contribution in [1.29, 1.82) is 0 Å². The van der Waals surface area contributed by atoms with Crippen molar-refractivity contribution in [1.82, 2.24) is 5.32 Å². The Morgan fingerprint density at radius 2 is 1.84 bits per heavy atom. The van der Waals surface area contributed by atoms with Gasteiger partial charge in [-0.2, -0.15) is 0 Å². The lowest BCUT2D eigenvalue weighted by Crippen LogP contribution is -2.37. The van der Waals surface area contributed by atoms with Crippen molar-refractivity contribution >= 4 is 11.9 Å². The molecule has 0 aliphatic heterocycles. The van der Waals surface area contributed by atoms with Gasteiger partial charge in [0.15, 0.2) is 6.10 Å². The smallest absolute Gasteiger partial charge is 0.339 e. The first-order chi connectivity index (χ1) is 8.95. The zero-order valence-corrected chi connectivity index (χ0v) is 10.3. The third-order valence-corrected chi connectivity index (χ3v) is 2.68. The van der Waals surface area contributed by atoms with Crippen LogP contribution >= 0.6 is 0 Å². The van der Waals surface area contributed by atoms with Gasteiger partial charge < -0.3 is 10.1 Å². The maximum Gasteiger partial charge on any atom is 0.339 e. The zero-order valence-electron chi connectivity index (χ0n) is 10.3. The van der Waals surface area contributed by atoms with Crippen LogP contribution in [0.3, 0.4) is 0 Å². The summed E-state index contributed by atoms with van der Waals surface area (Å²) in [4.78, 5) is 23.2. The van der Waals surface area contributed by atoms with E-state index in [2.05, 4.69) is 5.32 Å². The summed E-state index contributed by atoms with van der Waals surface area (Å²) in [5, 5.41) is 2.67. The molecule has 1 atom stereocenters. The summed E-state index contributed by atoms with van der Waals surface area (Å²) in [6.07, 6.45) is 0.836. The Bertz CT molecular complexity index is 494. The number of nitrogens with one attached hydrogen (secondary N) is 1. The number of rotatable bonds is 4. The number of carbonyl (C=O) groups is 2. The van der Waals surface area contributed by atoms with Crippen molar-refractivity contribution in [3.05, 3.63) is 35.4 Å². The van der Waals surface area contributed by atoms with Crippen LogP contribution in [0, 0.1) is 11.6 Å². The first-order valence-electron chi connectivity index (χ1n) is 5.93. The molecule has 1 aliphatic rings. The highest BCUT2D eigenvalue weighted by molar-refractivity contribution is 5.92. The standard InChI is InChI=1S/C13H13F2NO3/c1-7(12(17)16-11-2-3-11)19-13(18)8-4-9(14)6-10(15)5-8/h4-7,11H,2-3H2,1H3,(H,16,17)/t7-/m0/s1. The van der Waals surface area contributed by atoms with Gasteiger partial charge in [0.25, 0.3) is 5.91 Å². The highest BCUT2D eigenvalue weighted by Gasteiger charge is 2.27. The molecule has 0 bridgehead atoms. The van der Waals surface area contributed by atoms with E-state index in [0.29, 0.717) is 6.07 Å². The van der Waals surface area contributed by atoms with E-state index in [1.807, 2.05) is 0 Å². The molecular weight excluding hydrogens is 256 g/mol. The molecule has 2 rings (SSSR count). The predicted molar refractivity (Wildman–Crippen MR) is 62.4 cm³/mol. The maximum atomic E-state index is 12.9. The number of esters is 1. The first kappa shape index (κ1) is 13.5. The molecule has 1 N–H and O–H groups in total. The van der Waals surface area contributed by atoms with E-state index in [9.17, 15) is 18.4 Å². The van der Waals surface area contributed by atoms with Crippen molar-refractivity contribution in [3.8, 4) is 0 Å². The topological polar surface area (TPSA) is 55.4 Å². The van der Waals surface area contributed by atoms with Gasteiger partial charge in [-0.1, -0.05) is 0 Å². The summed E-state index contributed by atoms with van der Waals surface area (Å²) >= 11 is 0. The van der Waals surface area contributed by atoms with Gasteiger partial charge >= 0.3 is 5.97 Å². The van der Waals surface area contributed by atoms with Gasteiger partial charge in [-0.05, 0) is 31.9 Å². The molecular formula is C13H13F2NO3. The quantitative estimate of drug-likeness (QED) is 0.848. The second kappa shape index (κ2) is 5.34. The maximum absolute atomic E-state index is 12.9. The number of benzene rings is 1. The summed E-state index contributed by atoms with van der Waals surface area (Å²) in [6.45, 7) is 1.41. The summed E-state index contributed by atoms with van der Waals surface area (Å²) in [7, 11) is 0. The van der Waals surface area contributed by atoms with Gasteiger partial charge in [0.2, 0.25) is 0 Å². The molecule has 1 amide bonds. The molecule has 1 aromatic carbocycles. The summed E-state index contributed by atoms with van der Waals surface area (Å²) in [6, 6.07) is 2.52. The fourth-order valence-electron chi connectivity index (χ4n) is 1.50. The van der Waals surface area contributed by atoms with Gasteiger partial charge in [-0.3, -0.25) is 4.79 Å². The van der Waals surface area contributed by atoms with Crippen LogP contribution in [0.15, 0.2) is 18.2 Å². The van der Waals surface area contributed by atoms with E-state index < -0.39 is 29.6 Å². The van der Waals surface area contributed by atoms with Crippen LogP contribution in [0.4, 0.5) is 8.78 Å². The second-order valence-electron chi connectivity index (χ2n) is 4.49. The Balaban J connectivity index is 1.97. The number of hydrogen-bond acceptors (Lipinski definition) is 3. The SMILES string of the molecule is C[C@H](OC(=O)c1cc(F)cc(F)c1)C(=O)NC1CC1. The minimum Gasteiger partial charge on any atom is -0.449 e. The molecule has 19 heavy (non-hydrogen) atoms. The molecule has 1 saturated carbocycles. The van der Waals surface area contributed by atoms with Crippen molar-refractivity contribution in [2.45, 2.75) is 31.9 Å². The van der Waals surface area contributed by atoms with Gasteiger partial charge in [0.1, 0.15) is 11.6 Å². The van der Waals surface area contributed by atoms with Crippen LogP contribution in [0.2, 0.25) is 0 Å². The van der Waals surface area contributed by atoms with Crippen LogP contribution in [0.25, 0.3) is 0 Å². The monoisotopic (exact) mass is 269 g/mol. The zero-order chi connectivity index (χ0) is 14.0. The van der Waals surface area contributed by atoms with Gasteiger partial charge in [-0.25, -0.2) is 13.6 Å². The second-order valence-corrected chi connectivity index (χ2v) is 4.49. The average Bonchev–Trinajstić information content (AvgIpc) is 3.11. The third-order valence-electron chi connectivity index (χ3n) is 2.68. The normalized spacial score (nSPS) is 15.7. The Kier molecular flexibility index (Phi) is 3.78. The first-order valence-corrected chi connectivity index (χ1v) is 5.93. The van der Waals surface area contributed by atoms with E-state index in [1.165, 1.54) is 6.92 Å². The lowest BCUT2D eigenvalue weighted by atomic mass is 10.2. The Hall–Kier alpha value is -1.98. The van der Waals surface area contributed by atoms with Gasteiger partial charge in [-0.15, -0.1) is 0 Å². The van der Waals surface area contributed by atoms with Crippen LogP contribution in [0.5, 0.6) is 0 Å². The molecule has 0 unspecified atom stereocenters. The molecule has 0 saturated heterocycles. The fourth-order valence-corrected chi connectivity index (χ4v) is 1.50. The highest BCUT2D eigenvalue weighted by Crippen LogP contribution is 2.19. The number of hydrogen-bond donors (Lipinski definition) is 1. The Morgan fingerprint density at radius 1 is 1.26 bits per heavy atom. The molecule has 1 aromatic rings. The van der Waals surface area contributed by atoms with Gasteiger partial charge in [0.05, 0.1) is 5.56 Å². The lowest BCUT2D eigenvalue weighted by Gasteiger charge is -2.13. The van der Waals surface area contributed by atoms with E-state index in [-0.39, 0.29) is 11.6 Å². The van der Waals surface area contributed by atoms with E-state index >= 15 is 0 Å². The van der Waals surface area contributed by atoms with Crippen molar-refractivity contribution < 1.29 is 23.1 Å². The molecule has 0 spiro atoms. The fraction of sp³-hybridized carbons (Fsp3) is 0.385. The van der Waals surface area contributed by atoms with Crippen LogP contribution < -0.4 is 5.32 Å². The average molecular weight is 269 g/mol. The number of halogens is 2. The molecule has 4 nitrogen and oxygen atoms in total. The van der Waals surface area contributed by atoms with Crippen LogP contribution in [-0.2, 0) is 9.53 Å². The molecule has 0 heterocycles. The summed E-state index contributed by atoms with van der Waals surface area (Å²) < 4.78 is 30.7. The van der Waals surface area contributed by atoms with E-state index in [0.717, 1.165) is 25.0 Å². The largest absolute Gasteiger partial charge is 0.449 e. The van der Waals surface area contributed by atoms with Crippen LogP contribution in [-0.4, -0.2) is 24.0 Å². The predicted octanol–water partition coefficient (Wildman–Crippen LogP) is 1.79. The molecule has 6 heteroatoms. The molecule has 1 aliphatic carbocycles. The minimum atomic E-state index is -1.00. The summed E-state index contributed by atoms with van der Waals surface area (Å²) in [5.41, 5.74) is -0.261.